The number of hydrogen-bond donors (Lipinski definition) is 0. The number of piperazine rings is 1. The first-order valence-electron chi connectivity index (χ1n) is 10.3. The van der Waals surface area contributed by atoms with Crippen molar-refractivity contribution >= 4 is 11.6 Å². The van der Waals surface area contributed by atoms with Crippen LogP contribution in [0.25, 0.3) is 11.5 Å². The molecular weight excluding hydrogens is 400 g/mol. The number of nitrogens with zero attached hydrogens (tertiary/aromatic N) is 4. The van der Waals surface area contributed by atoms with Gasteiger partial charge in [-0.2, -0.15) is 0 Å². The number of benzene rings is 2. The molecule has 7 heteroatoms. The smallest absolute Gasteiger partial charge is 0.247 e. The lowest BCUT2D eigenvalue weighted by atomic mass is 10.1. The maximum Gasteiger partial charge on any atom is 0.247 e. The predicted molar refractivity (Wildman–Crippen MR) is 118 cm³/mol. The maximum absolute atomic E-state index is 5.97. The fourth-order valence-electron chi connectivity index (χ4n) is 3.57. The zero-order valence-electron chi connectivity index (χ0n) is 17.4. The van der Waals surface area contributed by atoms with Gasteiger partial charge in [-0.15, -0.1) is 10.2 Å². The van der Waals surface area contributed by atoms with Crippen molar-refractivity contribution in [3.05, 3.63) is 65.0 Å². The number of rotatable bonds is 7. The summed E-state index contributed by atoms with van der Waals surface area (Å²) in [5, 5.41) is 9.26. The molecule has 0 saturated carbocycles. The van der Waals surface area contributed by atoms with Crippen LogP contribution in [0, 0.1) is 6.92 Å². The molecule has 1 aliphatic heterocycles. The fourth-order valence-corrected chi connectivity index (χ4v) is 3.70. The minimum Gasteiger partial charge on any atom is -0.492 e. The molecule has 6 nitrogen and oxygen atoms in total. The van der Waals surface area contributed by atoms with E-state index < -0.39 is 0 Å². The molecule has 0 N–H and O–H groups in total. The highest BCUT2D eigenvalue weighted by Crippen LogP contribution is 2.25. The second kappa shape index (κ2) is 9.60. The van der Waals surface area contributed by atoms with Crippen LogP contribution in [0.15, 0.2) is 52.9 Å². The summed E-state index contributed by atoms with van der Waals surface area (Å²) < 4.78 is 11.8. The Morgan fingerprint density at radius 3 is 2.40 bits per heavy atom. The second-order valence-corrected chi connectivity index (χ2v) is 8.10. The van der Waals surface area contributed by atoms with Gasteiger partial charge < -0.3 is 9.15 Å². The van der Waals surface area contributed by atoms with Gasteiger partial charge in [0.05, 0.1) is 6.04 Å². The van der Waals surface area contributed by atoms with E-state index in [4.69, 9.17) is 20.8 Å². The van der Waals surface area contributed by atoms with E-state index in [1.807, 2.05) is 36.4 Å². The first kappa shape index (κ1) is 20.8. The van der Waals surface area contributed by atoms with Gasteiger partial charge in [0.2, 0.25) is 11.8 Å². The van der Waals surface area contributed by atoms with Crippen molar-refractivity contribution in [2.75, 3.05) is 39.3 Å². The van der Waals surface area contributed by atoms with Crippen molar-refractivity contribution in [1.29, 1.82) is 0 Å². The van der Waals surface area contributed by atoms with E-state index in [-0.39, 0.29) is 6.04 Å². The summed E-state index contributed by atoms with van der Waals surface area (Å²) in [6.07, 6.45) is 0. The summed E-state index contributed by atoms with van der Waals surface area (Å²) >= 11 is 5.91. The number of aryl methyl sites for hydroxylation is 1. The highest BCUT2D eigenvalue weighted by atomic mass is 35.5. The van der Waals surface area contributed by atoms with Crippen molar-refractivity contribution in [2.45, 2.75) is 19.9 Å². The molecule has 1 aliphatic rings. The van der Waals surface area contributed by atoms with E-state index in [0.29, 0.717) is 18.4 Å². The zero-order valence-corrected chi connectivity index (χ0v) is 18.2. The molecule has 1 saturated heterocycles. The lowest BCUT2D eigenvalue weighted by Gasteiger charge is -2.36. The Bertz CT molecular complexity index is 935. The molecule has 0 unspecified atom stereocenters. The van der Waals surface area contributed by atoms with E-state index in [1.54, 1.807) is 0 Å². The molecule has 2 heterocycles. The highest BCUT2D eigenvalue weighted by Gasteiger charge is 2.25. The van der Waals surface area contributed by atoms with Crippen LogP contribution in [0.1, 0.15) is 24.4 Å². The molecule has 158 valence electrons. The monoisotopic (exact) mass is 426 g/mol. The molecule has 0 amide bonds. The fraction of sp³-hybridized carbons (Fsp3) is 0.391. The van der Waals surface area contributed by atoms with Gasteiger partial charge in [-0.1, -0.05) is 29.3 Å². The summed E-state index contributed by atoms with van der Waals surface area (Å²) in [7, 11) is 0. The van der Waals surface area contributed by atoms with Crippen molar-refractivity contribution in [2.24, 2.45) is 0 Å². The quantitative estimate of drug-likeness (QED) is 0.556. The topological polar surface area (TPSA) is 54.6 Å². The predicted octanol–water partition coefficient (Wildman–Crippen LogP) is 4.46. The average Bonchev–Trinajstić information content (AvgIpc) is 3.26. The van der Waals surface area contributed by atoms with E-state index >= 15 is 0 Å². The van der Waals surface area contributed by atoms with Crippen LogP contribution >= 0.6 is 11.6 Å². The van der Waals surface area contributed by atoms with Gasteiger partial charge in [0.1, 0.15) is 12.4 Å². The Balaban J connectivity index is 1.24. The third-order valence-corrected chi connectivity index (χ3v) is 5.79. The van der Waals surface area contributed by atoms with Crippen molar-refractivity contribution in [3.8, 4) is 17.2 Å². The van der Waals surface area contributed by atoms with Crippen LogP contribution < -0.4 is 4.74 Å². The zero-order chi connectivity index (χ0) is 20.9. The Morgan fingerprint density at radius 2 is 1.70 bits per heavy atom. The summed E-state index contributed by atoms with van der Waals surface area (Å²) in [6, 6.07) is 15.7. The first-order valence-corrected chi connectivity index (χ1v) is 10.7. The largest absolute Gasteiger partial charge is 0.492 e. The lowest BCUT2D eigenvalue weighted by Crippen LogP contribution is -2.48. The summed E-state index contributed by atoms with van der Waals surface area (Å²) in [4.78, 5) is 4.81. The highest BCUT2D eigenvalue weighted by molar-refractivity contribution is 6.30. The van der Waals surface area contributed by atoms with Crippen LogP contribution in [0.3, 0.4) is 0 Å². The van der Waals surface area contributed by atoms with Crippen LogP contribution in [0.5, 0.6) is 5.75 Å². The summed E-state index contributed by atoms with van der Waals surface area (Å²) in [5.41, 5.74) is 2.17. The normalized spacial score (nSPS) is 16.5. The summed E-state index contributed by atoms with van der Waals surface area (Å²) in [6.45, 7) is 9.68. The van der Waals surface area contributed by atoms with Gasteiger partial charge in [-0.3, -0.25) is 9.80 Å². The number of aromatic nitrogens is 2. The van der Waals surface area contributed by atoms with Gasteiger partial charge in [0, 0.05) is 43.3 Å². The van der Waals surface area contributed by atoms with Crippen LogP contribution in [0.4, 0.5) is 0 Å². The molecule has 30 heavy (non-hydrogen) atoms. The molecule has 2 aromatic carbocycles. The van der Waals surface area contributed by atoms with Crippen LogP contribution in [-0.4, -0.2) is 59.3 Å². The molecule has 0 spiro atoms. The summed E-state index contributed by atoms with van der Waals surface area (Å²) in [5.74, 6) is 2.10. The number of ether oxygens (including phenoxy) is 1. The molecule has 4 rings (SSSR count). The molecule has 0 aliphatic carbocycles. The Hall–Kier alpha value is -2.41. The minimum atomic E-state index is 0.101. The van der Waals surface area contributed by atoms with E-state index in [9.17, 15) is 0 Å². The molecule has 1 fully saturated rings. The van der Waals surface area contributed by atoms with Crippen molar-refractivity contribution in [1.82, 2.24) is 20.0 Å². The SMILES string of the molecule is Cc1ccc(-c2nnc([C@H](C)N3CCN(CCOc4ccc(Cl)cc4)CC3)o2)cc1. The van der Waals surface area contributed by atoms with Gasteiger partial charge in [-0.25, -0.2) is 0 Å². The van der Waals surface area contributed by atoms with Crippen LogP contribution in [-0.2, 0) is 0 Å². The van der Waals surface area contributed by atoms with Gasteiger partial charge in [0.15, 0.2) is 0 Å². The molecular formula is C23H27ClN4O2. The van der Waals surface area contributed by atoms with Crippen molar-refractivity contribution in [3.63, 3.8) is 0 Å². The number of halogens is 1. The molecule has 0 bridgehead atoms. The first-order chi connectivity index (χ1) is 14.6. The second-order valence-electron chi connectivity index (χ2n) is 7.67. The number of hydrogen-bond acceptors (Lipinski definition) is 6. The van der Waals surface area contributed by atoms with E-state index in [0.717, 1.165) is 49.1 Å². The van der Waals surface area contributed by atoms with Gasteiger partial charge in [0.25, 0.3) is 0 Å². The lowest BCUT2D eigenvalue weighted by molar-refractivity contribution is 0.0827. The third-order valence-electron chi connectivity index (χ3n) is 5.54. The molecule has 0 radical (unpaired) electrons. The molecule has 3 aromatic rings. The van der Waals surface area contributed by atoms with Gasteiger partial charge >= 0.3 is 0 Å². The Morgan fingerprint density at radius 1 is 1.00 bits per heavy atom. The Kier molecular flexibility index (Phi) is 6.67. The maximum atomic E-state index is 5.97. The van der Waals surface area contributed by atoms with Gasteiger partial charge in [-0.05, 0) is 50.2 Å². The molecule has 1 atom stereocenters. The minimum absolute atomic E-state index is 0.101. The average molecular weight is 427 g/mol. The Labute approximate surface area is 182 Å². The van der Waals surface area contributed by atoms with Crippen molar-refractivity contribution < 1.29 is 9.15 Å². The van der Waals surface area contributed by atoms with E-state index in [1.165, 1.54) is 5.56 Å². The third kappa shape index (κ3) is 5.19. The van der Waals surface area contributed by atoms with Crippen LogP contribution in [0.2, 0.25) is 5.02 Å². The van der Waals surface area contributed by atoms with E-state index in [2.05, 4.69) is 46.0 Å². The molecule has 1 aromatic heterocycles. The standard InChI is InChI=1S/C23H27ClN4O2/c1-17-3-5-19(6-4-17)23-26-25-22(30-23)18(2)28-13-11-27(12-14-28)15-16-29-21-9-7-20(24)8-10-21/h3-10,18H,11-16H2,1-2H3/t18-/m0/s1.